The molecule has 120 valence electrons. The van der Waals surface area contributed by atoms with Crippen LogP contribution in [0.3, 0.4) is 0 Å². The van der Waals surface area contributed by atoms with Gasteiger partial charge in [-0.15, -0.1) is 0 Å². The van der Waals surface area contributed by atoms with Crippen LogP contribution in [0.25, 0.3) is 0 Å². The zero-order valence-electron chi connectivity index (χ0n) is 12.1. The van der Waals surface area contributed by atoms with Crippen LogP contribution in [0, 0.1) is 5.82 Å². The Bertz CT molecular complexity index is 686. The zero-order valence-corrected chi connectivity index (χ0v) is 13.0. The molecule has 3 rings (SSSR count). The number of carbonyl (C=O) groups is 1. The van der Waals surface area contributed by atoms with Gasteiger partial charge in [-0.1, -0.05) is 12.1 Å². The smallest absolute Gasteiger partial charge is 0.220 e. The number of sulfonamides is 1. The first kappa shape index (κ1) is 15.4. The standard InChI is InChI=1S/C15H19FN2O3S/c16-12-4-1-3-11(9-12)10-22(20,21)18-13-5-6-14(19)17-15(13)7-2-8-15/h1,3-4,9,13,18H,2,5-8,10H2,(H,17,19)/t13-/m0/s1. The number of hydrogen-bond donors (Lipinski definition) is 2. The van der Waals surface area contributed by atoms with Crippen molar-refractivity contribution in [2.24, 2.45) is 0 Å². The van der Waals surface area contributed by atoms with Gasteiger partial charge in [-0.2, -0.15) is 0 Å². The normalized spacial score (nSPS) is 23.9. The van der Waals surface area contributed by atoms with Crippen molar-refractivity contribution in [3.05, 3.63) is 35.6 Å². The van der Waals surface area contributed by atoms with E-state index in [0.29, 0.717) is 18.4 Å². The fraction of sp³-hybridized carbons (Fsp3) is 0.533. The van der Waals surface area contributed by atoms with Crippen molar-refractivity contribution in [3.8, 4) is 0 Å². The molecule has 2 aliphatic rings. The minimum Gasteiger partial charge on any atom is -0.349 e. The highest BCUT2D eigenvalue weighted by atomic mass is 32.2. The van der Waals surface area contributed by atoms with Crippen LogP contribution in [0.1, 0.15) is 37.7 Å². The molecule has 1 amide bonds. The summed E-state index contributed by atoms with van der Waals surface area (Å²) in [5.41, 5.74) is -0.0142. The second kappa shape index (κ2) is 5.62. The maximum atomic E-state index is 13.2. The Kier molecular flexibility index (Phi) is 3.94. The Balaban J connectivity index is 1.72. The SMILES string of the molecule is O=C1CC[C@H](NS(=O)(=O)Cc2cccc(F)c2)C2(CCC2)N1. The van der Waals surface area contributed by atoms with E-state index in [4.69, 9.17) is 0 Å². The van der Waals surface area contributed by atoms with Gasteiger partial charge in [0.1, 0.15) is 5.82 Å². The molecule has 7 heteroatoms. The Morgan fingerprint density at radius 3 is 2.77 bits per heavy atom. The minimum atomic E-state index is -3.58. The number of nitrogens with one attached hydrogen (secondary N) is 2. The molecule has 1 aliphatic heterocycles. The predicted molar refractivity (Wildman–Crippen MR) is 79.9 cm³/mol. The summed E-state index contributed by atoms with van der Waals surface area (Å²) in [6.45, 7) is 0. The van der Waals surface area contributed by atoms with Crippen molar-refractivity contribution >= 4 is 15.9 Å². The van der Waals surface area contributed by atoms with E-state index in [9.17, 15) is 17.6 Å². The van der Waals surface area contributed by atoms with Gasteiger partial charge < -0.3 is 5.32 Å². The molecular weight excluding hydrogens is 307 g/mol. The van der Waals surface area contributed by atoms with Gasteiger partial charge in [0.15, 0.2) is 0 Å². The second-order valence-electron chi connectivity index (χ2n) is 6.16. The molecule has 5 nitrogen and oxygen atoms in total. The van der Waals surface area contributed by atoms with Gasteiger partial charge in [-0.3, -0.25) is 4.79 Å². The molecule has 1 heterocycles. The average Bonchev–Trinajstić information content (AvgIpc) is 2.38. The van der Waals surface area contributed by atoms with Crippen molar-refractivity contribution in [2.45, 2.75) is 49.4 Å². The lowest BCUT2D eigenvalue weighted by atomic mass is 9.68. The van der Waals surface area contributed by atoms with Gasteiger partial charge in [-0.25, -0.2) is 17.5 Å². The first-order valence-electron chi connectivity index (χ1n) is 7.44. The lowest BCUT2D eigenvalue weighted by molar-refractivity contribution is -0.127. The number of piperidine rings is 1. The fourth-order valence-corrected chi connectivity index (χ4v) is 4.77. The molecule has 2 fully saturated rings. The molecular formula is C15H19FN2O3S. The number of rotatable bonds is 4. The third-order valence-electron chi connectivity index (χ3n) is 4.53. The van der Waals surface area contributed by atoms with Gasteiger partial charge in [0.2, 0.25) is 15.9 Å². The molecule has 0 radical (unpaired) electrons. The minimum absolute atomic E-state index is 0.0136. The molecule has 1 spiro atoms. The lowest BCUT2D eigenvalue weighted by Gasteiger charge is -2.50. The molecule has 1 aromatic rings. The molecule has 0 bridgehead atoms. The number of amides is 1. The highest BCUT2D eigenvalue weighted by molar-refractivity contribution is 7.88. The lowest BCUT2D eigenvalue weighted by Crippen LogP contribution is -2.68. The van der Waals surface area contributed by atoms with Crippen molar-refractivity contribution < 1.29 is 17.6 Å². The molecule has 1 aliphatic carbocycles. The number of benzene rings is 1. The van der Waals surface area contributed by atoms with Crippen LogP contribution in [0.4, 0.5) is 4.39 Å². The van der Waals surface area contributed by atoms with Gasteiger partial charge >= 0.3 is 0 Å². The maximum absolute atomic E-state index is 13.2. The maximum Gasteiger partial charge on any atom is 0.220 e. The van der Waals surface area contributed by atoms with Crippen molar-refractivity contribution in [2.75, 3.05) is 0 Å². The van der Waals surface area contributed by atoms with Crippen molar-refractivity contribution in [1.29, 1.82) is 0 Å². The van der Waals surface area contributed by atoms with Crippen molar-refractivity contribution in [3.63, 3.8) is 0 Å². The molecule has 1 atom stereocenters. The van der Waals surface area contributed by atoms with Crippen LogP contribution in [0.2, 0.25) is 0 Å². The molecule has 1 saturated heterocycles. The van der Waals surface area contributed by atoms with Gasteiger partial charge in [0.05, 0.1) is 11.3 Å². The van der Waals surface area contributed by atoms with Crippen LogP contribution < -0.4 is 10.0 Å². The zero-order chi connectivity index (χ0) is 15.8. The van der Waals surface area contributed by atoms with E-state index in [0.717, 1.165) is 19.3 Å². The Morgan fingerprint density at radius 1 is 1.36 bits per heavy atom. The van der Waals surface area contributed by atoms with E-state index >= 15 is 0 Å². The fourth-order valence-electron chi connectivity index (χ4n) is 3.29. The van der Waals surface area contributed by atoms with Gasteiger partial charge in [0.25, 0.3) is 0 Å². The summed E-state index contributed by atoms with van der Waals surface area (Å²) in [7, 11) is -3.58. The first-order chi connectivity index (χ1) is 10.4. The summed E-state index contributed by atoms with van der Waals surface area (Å²) in [6.07, 6.45) is 3.42. The van der Waals surface area contributed by atoms with Crippen molar-refractivity contribution in [1.82, 2.24) is 10.0 Å². The predicted octanol–water partition coefficient (Wildman–Crippen LogP) is 1.45. The Labute approximate surface area is 129 Å². The Morgan fingerprint density at radius 2 is 2.14 bits per heavy atom. The summed E-state index contributed by atoms with van der Waals surface area (Å²) in [4.78, 5) is 11.6. The highest BCUT2D eigenvalue weighted by Crippen LogP contribution is 2.39. The molecule has 0 unspecified atom stereocenters. The molecule has 0 aromatic heterocycles. The van der Waals surface area contributed by atoms with E-state index in [1.54, 1.807) is 6.07 Å². The van der Waals surface area contributed by atoms with Crippen LogP contribution in [0.5, 0.6) is 0 Å². The molecule has 1 aromatic carbocycles. The first-order valence-corrected chi connectivity index (χ1v) is 9.09. The van der Waals surface area contributed by atoms with E-state index in [1.807, 2.05) is 0 Å². The number of hydrogen-bond acceptors (Lipinski definition) is 3. The quantitative estimate of drug-likeness (QED) is 0.879. The van der Waals surface area contributed by atoms with E-state index in [1.165, 1.54) is 18.2 Å². The van der Waals surface area contributed by atoms with Gasteiger partial charge in [0, 0.05) is 12.5 Å². The van der Waals surface area contributed by atoms with E-state index in [-0.39, 0.29) is 17.7 Å². The summed E-state index contributed by atoms with van der Waals surface area (Å²) in [5, 5.41) is 2.95. The number of carbonyl (C=O) groups excluding carboxylic acids is 1. The Hall–Kier alpha value is -1.47. The molecule has 2 N–H and O–H groups in total. The third-order valence-corrected chi connectivity index (χ3v) is 5.89. The van der Waals surface area contributed by atoms with Crippen LogP contribution >= 0.6 is 0 Å². The van der Waals surface area contributed by atoms with Gasteiger partial charge in [-0.05, 0) is 43.4 Å². The van der Waals surface area contributed by atoms with Crippen LogP contribution in [-0.4, -0.2) is 25.9 Å². The highest BCUT2D eigenvalue weighted by Gasteiger charge is 2.48. The summed E-state index contributed by atoms with van der Waals surface area (Å²) in [6, 6.07) is 5.31. The topological polar surface area (TPSA) is 75.3 Å². The average molecular weight is 326 g/mol. The monoisotopic (exact) mass is 326 g/mol. The third kappa shape index (κ3) is 3.15. The molecule has 22 heavy (non-hydrogen) atoms. The number of halogens is 1. The largest absolute Gasteiger partial charge is 0.349 e. The van der Waals surface area contributed by atoms with Crippen LogP contribution in [0.15, 0.2) is 24.3 Å². The summed E-state index contributed by atoms with van der Waals surface area (Å²) >= 11 is 0. The van der Waals surface area contributed by atoms with E-state index in [2.05, 4.69) is 10.0 Å². The summed E-state index contributed by atoms with van der Waals surface area (Å²) in [5.74, 6) is -0.723. The van der Waals surface area contributed by atoms with Crippen LogP contribution in [-0.2, 0) is 20.6 Å². The van der Waals surface area contributed by atoms with E-state index < -0.39 is 21.4 Å². The second-order valence-corrected chi connectivity index (χ2v) is 7.91. The molecule has 1 saturated carbocycles. The summed E-state index contributed by atoms with van der Waals surface area (Å²) < 4.78 is 40.6.